The summed E-state index contributed by atoms with van der Waals surface area (Å²) in [5, 5.41) is 3.04. The molecule has 0 nitrogen and oxygen atoms in total. The number of hydrogen-bond donors (Lipinski definition) is 0. The van der Waals surface area contributed by atoms with Gasteiger partial charge < -0.3 is 24.8 Å². The van der Waals surface area contributed by atoms with Crippen LogP contribution < -0.4 is 24.8 Å². The number of hydrogen-bond acceptors (Lipinski definition) is 0. The predicted molar refractivity (Wildman–Crippen MR) is 65.1 cm³/mol. The van der Waals surface area contributed by atoms with Crippen molar-refractivity contribution in [3.8, 4) is 0 Å². The molecule has 0 N–H and O–H groups in total. The molecule has 0 aliphatic heterocycles. The van der Waals surface area contributed by atoms with Crippen molar-refractivity contribution in [3.63, 3.8) is 0 Å². The topological polar surface area (TPSA) is 0 Å². The molecular formula is C13H17Cl2PZr. The molecule has 0 amide bonds. The van der Waals surface area contributed by atoms with E-state index in [1.807, 2.05) is 12.2 Å². The summed E-state index contributed by atoms with van der Waals surface area (Å²) in [7, 11) is 1.44. The largest absolute Gasteiger partial charge is 4.00 e. The Morgan fingerprint density at radius 1 is 1.24 bits per heavy atom. The van der Waals surface area contributed by atoms with E-state index >= 15 is 0 Å². The van der Waals surface area contributed by atoms with E-state index in [-0.39, 0.29) is 51.0 Å². The Balaban J connectivity index is -0.000000216. The van der Waals surface area contributed by atoms with Crippen LogP contribution in [0.4, 0.5) is 0 Å². The van der Waals surface area contributed by atoms with Crippen molar-refractivity contribution in [2.24, 2.45) is 0 Å². The van der Waals surface area contributed by atoms with E-state index in [2.05, 4.69) is 39.8 Å². The van der Waals surface area contributed by atoms with Gasteiger partial charge in [0.2, 0.25) is 0 Å². The minimum Gasteiger partial charge on any atom is -1.00 e. The van der Waals surface area contributed by atoms with E-state index in [1.165, 1.54) is 29.9 Å². The average Bonchev–Trinajstić information content (AvgIpc) is 2.78. The van der Waals surface area contributed by atoms with Crippen LogP contribution in [0.3, 0.4) is 0 Å². The van der Waals surface area contributed by atoms with Crippen molar-refractivity contribution in [1.29, 1.82) is 0 Å². The van der Waals surface area contributed by atoms with Crippen LogP contribution in [-0.4, -0.2) is 0 Å². The minimum absolute atomic E-state index is 0. The monoisotopic (exact) mass is 364 g/mol. The third kappa shape index (κ3) is 7.68. The van der Waals surface area contributed by atoms with Crippen LogP contribution in [-0.2, 0) is 26.2 Å². The zero-order valence-corrected chi connectivity index (χ0v) is 15.5. The van der Waals surface area contributed by atoms with Crippen molar-refractivity contribution in [3.05, 3.63) is 46.0 Å². The van der Waals surface area contributed by atoms with Crippen LogP contribution in [0.25, 0.3) is 0 Å². The van der Waals surface area contributed by atoms with E-state index in [9.17, 15) is 0 Å². The van der Waals surface area contributed by atoms with Crippen molar-refractivity contribution in [2.75, 3.05) is 0 Å². The maximum absolute atomic E-state index is 2.99. The Bertz CT molecular complexity index is 335. The SMILES string of the molecule is Cc1p[c-](C)c(C)c1C.[C-]1=CC=CC1.[Cl-].[Cl-].[Zr+4]. The van der Waals surface area contributed by atoms with E-state index in [1.54, 1.807) is 0 Å². The summed E-state index contributed by atoms with van der Waals surface area (Å²) in [4.78, 5) is 0. The fourth-order valence-electron chi connectivity index (χ4n) is 1.30. The molecule has 1 heterocycles. The number of halogens is 2. The van der Waals surface area contributed by atoms with Crippen molar-refractivity contribution < 1.29 is 51.0 Å². The van der Waals surface area contributed by atoms with Crippen LogP contribution in [0, 0.1) is 33.8 Å². The van der Waals surface area contributed by atoms with Crippen LogP contribution in [0.5, 0.6) is 0 Å². The van der Waals surface area contributed by atoms with Crippen LogP contribution in [0.1, 0.15) is 28.1 Å². The van der Waals surface area contributed by atoms with Crippen LogP contribution >= 0.6 is 8.19 Å². The van der Waals surface area contributed by atoms with Crippen LogP contribution in [0.2, 0.25) is 0 Å². The molecule has 0 aromatic carbocycles. The average molecular weight is 366 g/mol. The number of aryl methyl sites for hydroxylation is 2. The fourth-order valence-corrected chi connectivity index (χ4v) is 2.48. The van der Waals surface area contributed by atoms with Gasteiger partial charge in [0, 0.05) is 0 Å². The van der Waals surface area contributed by atoms with Crippen LogP contribution in [0.15, 0.2) is 18.2 Å². The quantitative estimate of drug-likeness (QED) is 0.492. The summed E-state index contributed by atoms with van der Waals surface area (Å²) in [5.74, 6) is 0. The Hall–Kier alpha value is 0.723. The summed E-state index contributed by atoms with van der Waals surface area (Å²) in [6.45, 7) is 8.82. The molecule has 0 atom stereocenters. The molecule has 1 aliphatic carbocycles. The summed E-state index contributed by atoms with van der Waals surface area (Å²) in [6.07, 6.45) is 10.0. The van der Waals surface area contributed by atoms with Gasteiger partial charge in [-0.3, -0.25) is 6.08 Å². The van der Waals surface area contributed by atoms with E-state index < -0.39 is 0 Å². The predicted octanol–water partition coefficient (Wildman–Crippen LogP) is -1.47. The Morgan fingerprint density at radius 2 is 1.82 bits per heavy atom. The maximum Gasteiger partial charge on any atom is 4.00 e. The van der Waals surface area contributed by atoms with Gasteiger partial charge in [0.25, 0.3) is 0 Å². The minimum atomic E-state index is 0. The summed E-state index contributed by atoms with van der Waals surface area (Å²) in [5.41, 5.74) is 2.99. The van der Waals surface area contributed by atoms with Gasteiger partial charge in [-0.1, -0.05) is 27.7 Å². The van der Waals surface area contributed by atoms with Gasteiger partial charge in [-0.15, -0.1) is 11.7 Å². The van der Waals surface area contributed by atoms with Crippen molar-refractivity contribution in [2.45, 2.75) is 34.1 Å². The first-order chi connectivity index (χ1) is 6.63. The summed E-state index contributed by atoms with van der Waals surface area (Å²) in [6, 6.07) is 0. The van der Waals surface area contributed by atoms with Gasteiger partial charge >= 0.3 is 26.2 Å². The smallest absolute Gasteiger partial charge is 1.00 e. The molecule has 17 heavy (non-hydrogen) atoms. The molecule has 0 radical (unpaired) electrons. The first-order valence-electron chi connectivity index (χ1n) is 4.91. The zero-order valence-electron chi connectivity index (χ0n) is 10.6. The third-order valence-electron chi connectivity index (χ3n) is 2.57. The Morgan fingerprint density at radius 3 is 1.94 bits per heavy atom. The molecule has 1 aromatic rings. The molecule has 0 unspecified atom stereocenters. The number of rotatable bonds is 0. The molecule has 0 saturated heterocycles. The second kappa shape index (κ2) is 11.8. The fraction of sp³-hybridized carbons (Fsp3) is 0.385. The molecule has 0 bridgehead atoms. The van der Waals surface area contributed by atoms with Crippen molar-refractivity contribution >= 4 is 8.19 Å². The molecule has 92 valence electrons. The molecule has 0 saturated carbocycles. The van der Waals surface area contributed by atoms with E-state index in [0.717, 1.165) is 6.42 Å². The number of allylic oxidation sites excluding steroid dienone is 4. The second-order valence-corrected chi connectivity index (χ2v) is 5.10. The zero-order chi connectivity index (χ0) is 10.6. The Kier molecular flexibility index (Phi) is 15.9. The molecule has 4 heteroatoms. The molecule has 2 rings (SSSR count). The molecule has 1 aromatic heterocycles. The third-order valence-corrected chi connectivity index (χ3v) is 3.91. The molecular weight excluding hydrogens is 349 g/mol. The Labute approximate surface area is 138 Å². The first-order valence-corrected chi connectivity index (χ1v) is 5.81. The van der Waals surface area contributed by atoms with E-state index in [0.29, 0.717) is 0 Å². The first kappa shape index (κ1) is 22.9. The maximum atomic E-state index is 2.99. The van der Waals surface area contributed by atoms with Gasteiger partial charge in [-0.25, -0.2) is 20.3 Å². The van der Waals surface area contributed by atoms with E-state index in [4.69, 9.17) is 0 Å². The van der Waals surface area contributed by atoms with Gasteiger partial charge in [0.05, 0.1) is 0 Å². The van der Waals surface area contributed by atoms with Gasteiger partial charge in [-0.05, 0) is 0 Å². The summed E-state index contributed by atoms with van der Waals surface area (Å²) >= 11 is 0. The molecule has 1 aliphatic rings. The van der Waals surface area contributed by atoms with Crippen molar-refractivity contribution in [1.82, 2.24) is 0 Å². The molecule has 0 fully saturated rings. The summed E-state index contributed by atoms with van der Waals surface area (Å²) < 4.78 is 0. The van der Waals surface area contributed by atoms with Gasteiger partial charge in [0.1, 0.15) is 0 Å². The molecule has 0 spiro atoms. The standard InChI is InChI=1S/C8H12P.C5H5.2ClH.Zr/c1-5-6(2)8(4)9-7(5)3;1-2-4-5-3-1;;;/h1-4H3;1-3H,4H2;2*1H;/q2*-1;;;+4/p-2. The normalized spacial score (nSPS) is 11.1. The second-order valence-electron chi connectivity index (χ2n) is 3.54. The van der Waals surface area contributed by atoms with Gasteiger partial charge in [-0.2, -0.15) is 22.5 Å². The van der Waals surface area contributed by atoms with Gasteiger partial charge in [0.15, 0.2) is 0 Å².